The van der Waals surface area contributed by atoms with E-state index in [0.29, 0.717) is 17.2 Å². The minimum absolute atomic E-state index is 0.219. The maximum atomic E-state index is 11.8. The van der Waals surface area contributed by atoms with Crippen molar-refractivity contribution in [2.24, 2.45) is 0 Å². The zero-order valence-corrected chi connectivity index (χ0v) is 11.0. The first kappa shape index (κ1) is 12.6. The molecular weight excluding hydrogens is 228 g/mol. The number of anilines is 1. The second kappa shape index (κ2) is 4.80. The molecule has 18 heavy (non-hydrogen) atoms. The van der Waals surface area contributed by atoms with Crippen molar-refractivity contribution in [3.63, 3.8) is 0 Å². The third kappa shape index (κ3) is 2.10. The number of rotatable bonds is 4. The van der Waals surface area contributed by atoms with Crippen molar-refractivity contribution >= 4 is 17.5 Å². The van der Waals surface area contributed by atoms with E-state index in [9.17, 15) is 9.59 Å². The van der Waals surface area contributed by atoms with Gasteiger partial charge in [0.25, 0.3) is 11.8 Å². The average molecular weight is 246 g/mol. The van der Waals surface area contributed by atoms with Crippen LogP contribution in [0.3, 0.4) is 0 Å². The Labute approximate surface area is 107 Å². The van der Waals surface area contributed by atoms with Crippen molar-refractivity contribution < 1.29 is 9.59 Å². The standard InChI is InChI=1S/C14H18N2O2/c1-4-5-9(2)15-10-6-7-11-12(8-10)14(18)16(3)13(11)17/h6-9,15H,4-5H2,1-3H3. The monoisotopic (exact) mass is 246 g/mol. The summed E-state index contributed by atoms with van der Waals surface area (Å²) in [5.41, 5.74) is 1.89. The van der Waals surface area contributed by atoms with Crippen molar-refractivity contribution in [3.8, 4) is 0 Å². The molecule has 1 heterocycles. The van der Waals surface area contributed by atoms with Gasteiger partial charge in [0.05, 0.1) is 11.1 Å². The lowest BCUT2D eigenvalue weighted by atomic mass is 10.1. The van der Waals surface area contributed by atoms with E-state index in [1.54, 1.807) is 12.1 Å². The Morgan fingerprint density at radius 1 is 1.22 bits per heavy atom. The fourth-order valence-electron chi connectivity index (χ4n) is 2.24. The molecule has 1 unspecified atom stereocenters. The fraction of sp³-hybridized carbons (Fsp3) is 0.429. The molecule has 0 saturated carbocycles. The van der Waals surface area contributed by atoms with Crippen molar-refractivity contribution in [2.45, 2.75) is 32.7 Å². The second-order valence-corrected chi connectivity index (χ2v) is 4.76. The smallest absolute Gasteiger partial charge is 0.261 e. The van der Waals surface area contributed by atoms with Gasteiger partial charge < -0.3 is 5.32 Å². The number of hydrogen-bond donors (Lipinski definition) is 1. The maximum Gasteiger partial charge on any atom is 0.261 e. The molecule has 0 saturated heterocycles. The molecule has 1 aliphatic heterocycles. The van der Waals surface area contributed by atoms with E-state index in [4.69, 9.17) is 0 Å². The van der Waals surface area contributed by atoms with Gasteiger partial charge in [0.2, 0.25) is 0 Å². The topological polar surface area (TPSA) is 49.4 Å². The van der Waals surface area contributed by atoms with E-state index in [-0.39, 0.29) is 11.8 Å². The number of amides is 2. The highest BCUT2D eigenvalue weighted by molar-refractivity contribution is 6.21. The third-order valence-corrected chi connectivity index (χ3v) is 3.22. The predicted octanol–water partition coefficient (Wildman–Crippen LogP) is 2.51. The van der Waals surface area contributed by atoms with Gasteiger partial charge in [-0.15, -0.1) is 0 Å². The zero-order chi connectivity index (χ0) is 13.3. The molecule has 0 aromatic heterocycles. The number of carbonyl (C=O) groups excluding carboxylic acids is 2. The summed E-state index contributed by atoms with van der Waals surface area (Å²) in [6, 6.07) is 5.71. The van der Waals surface area contributed by atoms with Crippen LogP contribution in [0.1, 0.15) is 47.4 Å². The molecule has 1 aromatic rings. The number of fused-ring (bicyclic) bond motifs is 1. The van der Waals surface area contributed by atoms with Crippen molar-refractivity contribution in [2.75, 3.05) is 12.4 Å². The molecule has 1 N–H and O–H groups in total. The normalized spacial score (nSPS) is 15.8. The van der Waals surface area contributed by atoms with Crippen LogP contribution in [0.5, 0.6) is 0 Å². The number of nitrogens with one attached hydrogen (secondary N) is 1. The van der Waals surface area contributed by atoms with Gasteiger partial charge in [0.15, 0.2) is 0 Å². The first-order valence-electron chi connectivity index (χ1n) is 6.27. The summed E-state index contributed by atoms with van der Waals surface area (Å²) in [4.78, 5) is 24.7. The van der Waals surface area contributed by atoms with Crippen molar-refractivity contribution in [1.82, 2.24) is 4.90 Å². The second-order valence-electron chi connectivity index (χ2n) is 4.76. The van der Waals surface area contributed by atoms with Crippen LogP contribution in [0.15, 0.2) is 18.2 Å². The third-order valence-electron chi connectivity index (χ3n) is 3.22. The number of nitrogens with zero attached hydrogens (tertiary/aromatic N) is 1. The molecule has 4 heteroatoms. The number of imide groups is 1. The van der Waals surface area contributed by atoms with Gasteiger partial charge in [0.1, 0.15) is 0 Å². The van der Waals surface area contributed by atoms with Crippen LogP contribution in [0.4, 0.5) is 5.69 Å². The lowest BCUT2D eigenvalue weighted by molar-refractivity contribution is 0.0693. The van der Waals surface area contributed by atoms with Crippen LogP contribution in [-0.4, -0.2) is 29.8 Å². The fourth-order valence-corrected chi connectivity index (χ4v) is 2.24. The maximum absolute atomic E-state index is 11.8. The molecule has 1 aromatic carbocycles. The van der Waals surface area contributed by atoms with E-state index in [1.165, 1.54) is 7.05 Å². The lowest BCUT2D eigenvalue weighted by Crippen LogP contribution is -2.24. The van der Waals surface area contributed by atoms with Gasteiger partial charge in [-0.1, -0.05) is 13.3 Å². The van der Waals surface area contributed by atoms with Crippen LogP contribution in [0.25, 0.3) is 0 Å². The summed E-state index contributed by atoms with van der Waals surface area (Å²) >= 11 is 0. The Morgan fingerprint density at radius 2 is 1.89 bits per heavy atom. The predicted molar refractivity (Wildman–Crippen MR) is 70.9 cm³/mol. The highest BCUT2D eigenvalue weighted by atomic mass is 16.2. The van der Waals surface area contributed by atoms with Gasteiger partial charge >= 0.3 is 0 Å². The molecule has 0 radical (unpaired) electrons. The van der Waals surface area contributed by atoms with Gasteiger partial charge in [0, 0.05) is 18.8 Å². The Morgan fingerprint density at radius 3 is 2.56 bits per heavy atom. The van der Waals surface area contributed by atoms with Crippen LogP contribution in [0, 0.1) is 0 Å². The molecule has 4 nitrogen and oxygen atoms in total. The Balaban J connectivity index is 2.24. The molecule has 96 valence electrons. The van der Waals surface area contributed by atoms with Gasteiger partial charge in [-0.2, -0.15) is 0 Å². The van der Waals surface area contributed by atoms with E-state index < -0.39 is 0 Å². The summed E-state index contributed by atoms with van der Waals surface area (Å²) in [5, 5.41) is 3.34. The molecule has 1 aliphatic rings. The van der Waals surface area contributed by atoms with E-state index in [1.807, 2.05) is 6.07 Å². The van der Waals surface area contributed by atoms with Gasteiger partial charge in [-0.25, -0.2) is 0 Å². The quantitative estimate of drug-likeness (QED) is 0.830. The molecule has 0 fully saturated rings. The summed E-state index contributed by atoms with van der Waals surface area (Å²) in [5.74, 6) is -0.440. The van der Waals surface area contributed by atoms with Crippen LogP contribution in [-0.2, 0) is 0 Å². The minimum Gasteiger partial charge on any atom is -0.383 e. The Bertz CT molecular complexity index is 497. The van der Waals surface area contributed by atoms with E-state index in [0.717, 1.165) is 23.4 Å². The molecule has 1 atom stereocenters. The van der Waals surface area contributed by atoms with Crippen LogP contribution < -0.4 is 5.32 Å². The Kier molecular flexibility index (Phi) is 3.36. The molecule has 2 amide bonds. The highest BCUT2D eigenvalue weighted by Crippen LogP contribution is 2.25. The number of benzene rings is 1. The minimum atomic E-state index is -0.221. The van der Waals surface area contributed by atoms with E-state index in [2.05, 4.69) is 19.2 Å². The SMILES string of the molecule is CCCC(C)Nc1ccc2c(c1)C(=O)N(C)C2=O. The molecule has 0 spiro atoms. The largest absolute Gasteiger partial charge is 0.383 e. The molecule has 0 bridgehead atoms. The molecule has 0 aliphatic carbocycles. The van der Waals surface area contributed by atoms with Crippen molar-refractivity contribution in [1.29, 1.82) is 0 Å². The van der Waals surface area contributed by atoms with Crippen LogP contribution >= 0.6 is 0 Å². The highest BCUT2D eigenvalue weighted by Gasteiger charge is 2.32. The number of hydrogen-bond acceptors (Lipinski definition) is 3. The lowest BCUT2D eigenvalue weighted by Gasteiger charge is -2.14. The summed E-state index contributed by atoms with van der Waals surface area (Å²) in [6.45, 7) is 4.24. The Hall–Kier alpha value is -1.84. The van der Waals surface area contributed by atoms with Gasteiger partial charge in [-0.05, 0) is 31.5 Å². The summed E-state index contributed by atoms with van der Waals surface area (Å²) in [6.07, 6.45) is 2.18. The molecular formula is C14H18N2O2. The molecule has 2 rings (SSSR count). The van der Waals surface area contributed by atoms with Crippen molar-refractivity contribution in [3.05, 3.63) is 29.3 Å². The summed E-state index contributed by atoms with van der Waals surface area (Å²) in [7, 11) is 1.51. The summed E-state index contributed by atoms with van der Waals surface area (Å²) < 4.78 is 0. The van der Waals surface area contributed by atoms with Crippen LogP contribution in [0.2, 0.25) is 0 Å². The first-order valence-corrected chi connectivity index (χ1v) is 6.27. The average Bonchev–Trinajstić information content (AvgIpc) is 2.55. The first-order chi connectivity index (χ1) is 8.54. The van der Waals surface area contributed by atoms with E-state index >= 15 is 0 Å². The zero-order valence-electron chi connectivity index (χ0n) is 11.0. The number of carbonyl (C=O) groups is 2. The van der Waals surface area contributed by atoms with Gasteiger partial charge in [-0.3, -0.25) is 14.5 Å².